The van der Waals surface area contributed by atoms with Gasteiger partial charge in [-0.05, 0) is 40.2 Å². The molecule has 8 heteroatoms. The molecule has 1 aromatic carbocycles. The summed E-state index contributed by atoms with van der Waals surface area (Å²) in [7, 11) is 0. The van der Waals surface area contributed by atoms with Gasteiger partial charge in [0, 0.05) is 10.7 Å². The molecule has 1 aromatic heterocycles. The van der Waals surface area contributed by atoms with E-state index in [9.17, 15) is 9.18 Å². The van der Waals surface area contributed by atoms with Gasteiger partial charge >= 0.3 is 0 Å². The lowest BCUT2D eigenvalue weighted by atomic mass is 10.2. The van der Waals surface area contributed by atoms with E-state index in [4.69, 9.17) is 17.4 Å². The average Bonchev–Trinajstić information content (AvgIpc) is 2.42. The van der Waals surface area contributed by atoms with Gasteiger partial charge in [-0.2, -0.15) is 0 Å². The normalized spacial score (nSPS) is 10.2. The minimum Gasteiger partial charge on any atom is -0.320 e. The lowest BCUT2D eigenvalue weighted by Crippen LogP contribution is -2.18. The van der Waals surface area contributed by atoms with Crippen molar-refractivity contribution in [3.63, 3.8) is 0 Å². The molecule has 4 N–H and O–H groups in total. The summed E-state index contributed by atoms with van der Waals surface area (Å²) in [4.78, 5) is 16.1. The Balaban J connectivity index is 2.32. The van der Waals surface area contributed by atoms with Crippen molar-refractivity contribution in [1.82, 2.24) is 4.98 Å². The SMILES string of the molecule is NNc1ncc(Br)cc1C(=O)Nc1cc(F)ccc1Cl. The highest BCUT2D eigenvalue weighted by atomic mass is 79.9. The number of carbonyl (C=O) groups excluding carboxylic acids is 1. The third kappa shape index (κ3) is 3.24. The molecule has 2 aromatic rings. The molecule has 0 radical (unpaired) electrons. The third-order valence-corrected chi connectivity index (χ3v) is 3.18. The molecule has 0 atom stereocenters. The highest BCUT2D eigenvalue weighted by molar-refractivity contribution is 9.10. The Morgan fingerprint density at radius 1 is 1.40 bits per heavy atom. The molecule has 104 valence electrons. The smallest absolute Gasteiger partial charge is 0.259 e. The van der Waals surface area contributed by atoms with E-state index in [1.807, 2.05) is 0 Å². The first-order valence-corrected chi connectivity index (χ1v) is 6.57. The van der Waals surface area contributed by atoms with Gasteiger partial charge < -0.3 is 10.7 Å². The van der Waals surface area contributed by atoms with Crippen molar-refractivity contribution in [1.29, 1.82) is 0 Å². The topological polar surface area (TPSA) is 80.0 Å². The van der Waals surface area contributed by atoms with Crippen molar-refractivity contribution in [2.75, 3.05) is 10.7 Å². The van der Waals surface area contributed by atoms with Gasteiger partial charge in [0.15, 0.2) is 5.82 Å². The van der Waals surface area contributed by atoms with E-state index >= 15 is 0 Å². The summed E-state index contributed by atoms with van der Waals surface area (Å²) >= 11 is 9.09. The van der Waals surface area contributed by atoms with Crippen molar-refractivity contribution in [2.24, 2.45) is 5.84 Å². The molecule has 20 heavy (non-hydrogen) atoms. The van der Waals surface area contributed by atoms with Crippen LogP contribution in [0.15, 0.2) is 34.9 Å². The first-order chi connectivity index (χ1) is 9.51. The maximum Gasteiger partial charge on any atom is 0.259 e. The van der Waals surface area contributed by atoms with Crippen molar-refractivity contribution >= 4 is 44.9 Å². The zero-order valence-corrected chi connectivity index (χ0v) is 12.3. The first-order valence-electron chi connectivity index (χ1n) is 5.40. The van der Waals surface area contributed by atoms with Gasteiger partial charge in [0.25, 0.3) is 5.91 Å². The number of rotatable bonds is 3. The maximum absolute atomic E-state index is 13.1. The number of benzene rings is 1. The van der Waals surface area contributed by atoms with E-state index in [0.717, 1.165) is 6.07 Å². The van der Waals surface area contributed by atoms with Crippen LogP contribution in [0.3, 0.4) is 0 Å². The summed E-state index contributed by atoms with van der Waals surface area (Å²) in [5.41, 5.74) is 2.68. The molecule has 0 bridgehead atoms. The number of amides is 1. The fourth-order valence-corrected chi connectivity index (χ4v) is 2.01. The standard InChI is InChI=1S/C12H9BrClFN4O/c13-6-3-8(11(19-16)17-5-6)12(20)18-10-4-7(15)1-2-9(10)14/h1-5H,16H2,(H,17,19)(H,18,20). The van der Waals surface area contributed by atoms with Crippen molar-refractivity contribution in [3.8, 4) is 0 Å². The number of carbonyl (C=O) groups is 1. The van der Waals surface area contributed by atoms with Crippen LogP contribution < -0.4 is 16.6 Å². The number of nitrogens with zero attached hydrogens (tertiary/aromatic N) is 1. The molecule has 0 aliphatic heterocycles. The Hall–Kier alpha value is -1.70. The van der Waals surface area contributed by atoms with E-state index in [-0.39, 0.29) is 22.1 Å². The summed E-state index contributed by atoms with van der Waals surface area (Å²) in [6.07, 6.45) is 1.49. The van der Waals surface area contributed by atoms with Gasteiger partial charge in [-0.1, -0.05) is 11.6 Å². The summed E-state index contributed by atoms with van der Waals surface area (Å²) in [6.45, 7) is 0. The maximum atomic E-state index is 13.1. The number of pyridine rings is 1. The van der Waals surface area contributed by atoms with Gasteiger partial charge in [-0.3, -0.25) is 4.79 Å². The molecule has 2 rings (SSSR count). The number of halogens is 3. The molecule has 0 aliphatic carbocycles. The molecule has 0 saturated carbocycles. The number of aromatic nitrogens is 1. The Morgan fingerprint density at radius 2 is 2.15 bits per heavy atom. The second-order valence-corrected chi connectivity index (χ2v) is 5.10. The van der Waals surface area contributed by atoms with E-state index in [0.29, 0.717) is 4.47 Å². The van der Waals surface area contributed by atoms with Crippen LogP contribution in [-0.2, 0) is 0 Å². The van der Waals surface area contributed by atoms with Gasteiger partial charge in [0.1, 0.15) is 5.82 Å². The average molecular weight is 360 g/mol. The number of nitrogen functional groups attached to an aromatic ring is 1. The highest BCUT2D eigenvalue weighted by Crippen LogP contribution is 2.24. The molecule has 1 heterocycles. The molecule has 0 unspecified atom stereocenters. The minimum absolute atomic E-state index is 0.166. The largest absolute Gasteiger partial charge is 0.320 e. The number of anilines is 2. The fourth-order valence-electron chi connectivity index (χ4n) is 1.51. The summed E-state index contributed by atoms with van der Waals surface area (Å²) < 4.78 is 13.8. The van der Waals surface area contributed by atoms with Crippen LogP contribution in [0.4, 0.5) is 15.9 Å². The van der Waals surface area contributed by atoms with Crippen LogP contribution in [0.1, 0.15) is 10.4 Å². The van der Waals surface area contributed by atoms with Crippen molar-refractivity contribution in [3.05, 3.63) is 51.3 Å². The number of nitrogens with one attached hydrogen (secondary N) is 2. The van der Waals surface area contributed by atoms with Crippen LogP contribution in [-0.4, -0.2) is 10.9 Å². The fraction of sp³-hybridized carbons (Fsp3) is 0. The quantitative estimate of drug-likeness (QED) is 0.581. The molecular formula is C12H9BrClFN4O. The first kappa shape index (κ1) is 14.7. The van der Waals surface area contributed by atoms with Crippen molar-refractivity contribution in [2.45, 2.75) is 0 Å². The third-order valence-electron chi connectivity index (χ3n) is 2.41. The summed E-state index contributed by atoms with van der Waals surface area (Å²) in [5.74, 6) is 4.46. The second kappa shape index (κ2) is 6.17. The molecule has 5 nitrogen and oxygen atoms in total. The molecule has 0 spiro atoms. The predicted octanol–water partition coefficient (Wildman–Crippen LogP) is 3.17. The molecular weight excluding hydrogens is 351 g/mol. The van der Waals surface area contributed by atoms with E-state index in [1.54, 1.807) is 0 Å². The van der Waals surface area contributed by atoms with Crippen LogP contribution in [0.25, 0.3) is 0 Å². The van der Waals surface area contributed by atoms with E-state index < -0.39 is 11.7 Å². The van der Waals surface area contributed by atoms with Gasteiger partial charge in [-0.15, -0.1) is 0 Å². The number of hydrazine groups is 1. The highest BCUT2D eigenvalue weighted by Gasteiger charge is 2.14. The Labute approximate surface area is 127 Å². The van der Waals surface area contributed by atoms with Crippen LogP contribution >= 0.6 is 27.5 Å². The zero-order chi connectivity index (χ0) is 14.7. The summed E-state index contributed by atoms with van der Waals surface area (Å²) in [5, 5.41) is 2.73. The van der Waals surface area contributed by atoms with Gasteiger partial charge in [-0.25, -0.2) is 15.2 Å². The van der Waals surface area contributed by atoms with E-state index in [2.05, 4.69) is 31.7 Å². The van der Waals surface area contributed by atoms with E-state index in [1.165, 1.54) is 24.4 Å². The number of nitrogens with two attached hydrogens (primary N) is 1. The Kier molecular flexibility index (Phi) is 4.53. The number of hydrogen-bond acceptors (Lipinski definition) is 4. The lowest BCUT2D eigenvalue weighted by Gasteiger charge is -2.10. The lowest BCUT2D eigenvalue weighted by molar-refractivity contribution is 0.102. The predicted molar refractivity (Wildman–Crippen MR) is 79.1 cm³/mol. The Bertz CT molecular complexity index is 668. The summed E-state index contributed by atoms with van der Waals surface area (Å²) in [6, 6.07) is 5.21. The van der Waals surface area contributed by atoms with Crippen LogP contribution in [0.5, 0.6) is 0 Å². The van der Waals surface area contributed by atoms with Crippen LogP contribution in [0, 0.1) is 5.82 Å². The molecule has 1 amide bonds. The number of hydrogen-bond donors (Lipinski definition) is 3. The monoisotopic (exact) mass is 358 g/mol. The minimum atomic E-state index is -0.515. The molecule has 0 fully saturated rings. The molecule has 0 saturated heterocycles. The van der Waals surface area contributed by atoms with Crippen LogP contribution in [0.2, 0.25) is 5.02 Å². The Morgan fingerprint density at radius 3 is 2.85 bits per heavy atom. The van der Waals surface area contributed by atoms with Gasteiger partial charge in [0.05, 0.1) is 16.3 Å². The van der Waals surface area contributed by atoms with Gasteiger partial charge in [0.2, 0.25) is 0 Å². The van der Waals surface area contributed by atoms with Crippen molar-refractivity contribution < 1.29 is 9.18 Å². The zero-order valence-electron chi connectivity index (χ0n) is 9.95. The second-order valence-electron chi connectivity index (χ2n) is 3.77. The molecule has 0 aliphatic rings.